The first-order valence-electron chi connectivity index (χ1n) is 19.8. The molecule has 0 N–H and O–H groups in total. The van der Waals surface area contributed by atoms with Crippen LogP contribution < -0.4 is 5.56 Å². The smallest absolute Gasteiger partial charge is 0.266 e. The van der Waals surface area contributed by atoms with Crippen LogP contribution in [-0.4, -0.2) is 23.7 Å². The SMILES string of the molecule is O=c1c2c3cc(-c4ccc5c(c4)c4ccccc4n5-c4ccccc4)ccc3n(-c3ccccc3)c2c2ccccc2n1-c1nc(-c2ccccc2)nc2ccccc12. The Bertz CT molecular complexity index is 3680. The van der Waals surface area contributed by atoms with Gasteiger partial charge in [0.25, 0.3) is 5.56 Å². The van der Waals surface area contributed by atoms with E-state index >= 15 is 4.79 Å². The monoisotopic (exact) mass is 755 g/mol. The third kappa shape index (κ3) is 5.03. The Morgan fingerprint density at radius 2 is 0.864 bits per heavy atom. The van der Waals surface area contributed by atoms with Crippen molar-refractivity contribution >= 4 is 65.4 Å². The molecule has 8 aromatic carbocycles. The highest BCUT2D eigenvalue weighted by molar-refractivity contribution is 6.19. The molecule has 4 aromatic heterocycles. The number of pyridine rings is 1. The Morgan fingerprint density at radius 3 is 1.56 bits per heavy atom. The predicted molar refractivity (Wildman–Crippen MR) is 242 cm³/mol. The highest BCUT2D eigenvalue weighted by Crippen LogP contribution is 2.40. The molecule has 0 fully saturated rings. The molecule has 6 heteroatoms. The summed E-state index contributed by atoms with van der Waals surface area (Å²) in [5.74, 6) is 1.11. The first-order valence-corrected chi connectivity index (χ1v) is 19.8. The minimum Gasteiger partial charge on any atom is -0.309 e. The summed E-state index contributed by atoms with van der Waals surface area (Å²) in [5, 5.41) is 5.62. The maximum absolute atomic E-state index is 15.7. The molecule has 12 aromatic rings. The maximum atomic E-state index is 15.7. The third-order valence-electron chi connectivity index (χ3n) is 11.6. The summed E-state index contributed by atoms with van der Waals surface area (Å²) in [6, 6.07) is 68.8. The fourth-order valence-corrected chi connectivity index (χ4v) is 9.04. The Hall–Kier alpha value is -8.09. The maximum Gasteiger partial charge on any atom is 0.266 e. The summed E-state index contributed by atoms with van der Waals surface area (Å²) in [6.45, 7) is 0. The van der Waals surface area contributed by atoms with Gasteiger partial charge < -0.3 is 9.13 Å². The van der Waals surface area contributed by atoms with Crippen LogP contribution >= 0.6 is 0 Å². The molecule has 0 amide bonds. The van der Waals surface area contributed by atoms with Gasteiger partial charge in [-0.1, -0.05) is 127 Å². The topological polar surface area (TPSA) is 57.6 Å². The standard InChI is InChI=1S/C53H33N5O/c59-53-49-43-33-36(35-28-30-47-42(32-35)39-22-11-14-26-45(39)56(47)37-18-6-2-7-19-37)29-31-48(43)57(38-20-8-3-9-21-38)50(49)41-24-12-15-27-46(41)58(53)52-40-23-10-13-25-44(40)54-51(55-52)34-16-4-1-5-17-34/h1-33H. The molecular formula is C53H33N5O. The van der Waals surface area contributed by atoms with E-state index in [1.807, 2.05) is 91.0 Å². The Kier molecular flexibility index (Phi) is 7.28. The van der Waals surface area contributed by atoms with E-state index in [1.165, 1.54) is 10.8 Å². The van der Waals surface area contributed by atoms with E-state index in [2.05, 4.69) is 118 Å². The highest BCUT2D eigenvalue weighted by Gasteiger charge is 2.24. The largest absolute Gasteiger partial charge is 0.309 e. The van der Waals surface area contributed by atoms with E-state index < -0.39 is 0 Å². The fraction of sp³-hybridized carbons (Fsp3) is 0. The molecule has 0 aliphatic carbocycles. The van der Waals surface area contributed by atoms with Crippen LogP contribution in [0.15, 0.2) is 205 Å². The molecule has 12 rings (SSSR count). The van der Waals surface area contributed by atoms with Crippen molar-refractivity contribution in [2.75, 3.05) is 0 Å². The second-order valence-electron chi connectivity index (χ2n) is 15.0. The van der Waals surface area contributed by atoms with Crippen molar-refractivity contribution in [1.29, 1.82) is 0 Å². The van der Waals surface area contributed by atoms with Crippen LogP contribution in [0.2, 0.25) is 0 Å². The van der Waals surface area contributed by atoms with Crippen molar-refractivity contribution in [2.24, 2.45) is 0 Å². The lowest BCUT2D eigenvalue weighted by atomic mass is 10.0. The molecular weight excluding hydrogens is 723 g/mol. The number of rotatable bonds is 5. The molecule has 0 bridgehead atoms. The summed E-state index contributed by atoms with van der Waals surface area (Å²) >= 11 is 0. The minimum absolute atomic E-state index is 0.139. The van der Waals surface area contributed by atoms with Crippen molar-refractivity contribution in [3.63, 3.8) is 0 Å². The van der Waals surface area contributed by atoms with Crippen LogP contribution in [0.3, 0.4) is 0 Å². The second-order valence-corrected chi connectivity index (χ2v) is 15.0. The number of aromatic nitrogens is 5. The van der Waals surface area contributed by atoms with E-state index in [1.54, 1.807) is 4.57 Å². The van der Waals surface area contributed by atoms with Crippen LogP contribution in [0, 0.1) is 0 Å². The van der Waals surface area contributed by atoms with Crippen molar-refractivity contribution in [1.82, 2.24) is 23.7 Å². The van der Waals surface area contributed by atoms with Gasteiger partial charge in [-0.05, 0) is 83.9 Å². The van der Waals surface area contributed by atoms with E-state index in [-0.39, 0.29) is 5.56 Å². The van der Waals surface area contributed by atoms with Crippen molar-refractivity contribution in [3.8, 4) is 39.7 Å². The lowest BCUT2D eigenvalue weighted by Crippen LogP contribution is -2.21. The van der Waals surface area contributed by atoms with Crippen molar-refractivity contribution in [3.05, 3.63) is 211 Å². The number of benzene rings is 8. The number of hydrogen-bond donors (Lipinski definition) is 0. The minimum atomic E-state index is -0.139. The number of hydrogen-bond acceptors (Lipinski definition) is 3. The van der Waals surface area contributed by atoms with Crippen LogP contribution in [0.5, 0.6) is 0 Å². The normalized spacial score (nSPS) is 11.8. The van der Waals surface area contributed by atoms with Gasteiger partial charge in [0, 0.05) is 43.9 Å². The highest BCUT2D eigenvalue weighted by atomic mass is 16.1. The van der Waals surface area contributed by atoms with Crippen molar-refractivity contribution < 1.29 is 0 Å². The molecule has 276 valence electrons. The van der Waals surface area contributed by atoms with Gasteiger partial charge in [0.2, 0.25) is 0 Å². The second kappa shape index (κ2) is 13.0. The summed E-state index contributed by atoms with van der Waals surface area (Å²) in [4.78, 5) is 25.8. The van der Waals surface area contributed by atoms with Gasteiger partial charge in [0.1, 0.15) is 0 Å². The first kappa shape index (κ1) is 33.1. The lowest BCUT2D eigenvalue weighted by Gasteiger charge is -2.16. The van der Waals surface area contributed by atoms with Gasteiger partial charge >= 0.3 is 0 Å². The van der Waals surface area contributed by atoms with Crippen LogP contribution in [0.4, 0.5) is 0 Å². The molecule has 0 spiro atoms. The molecule has 0 radical (unpaired) electrons. The van der Waals surface area contributed by atoms with Gasteiger partial charge in [-0.3, -0.25) is 9.36 Å². The average Bonchev–Trinajstić information content (AvgIpc) is 3.83. The zero-order valence-corrected chi connectivity index (χ0v) is 31.7. The zero-order chi connectivity index (χ0) is 39.0. The first-order chi connectivity index (χ1) is 29.2. The molecule has 0 unspecified atom stereocenters. The van der Waals surface area contributed by atoms with E-state index in [9.17, 15) is 0 Å². The predicted octanol–water partition coefficient (Wildman–Crippen LogP) is 12.5. The zero-order valence-electron chi connectivity index (χ0n) is 31.7. The molecule has 0 aliphatic rings. The summed E-state index contributed by atoms with van der Waals surface area (Å²) in [7, 11) is 0. The Morgan fingerprint density at radius 1 is 0.356 bits per heavy atom. The Labute approximate surface area is 338 Å². The molecule has 6 nitrogen and oxygen atoms in total. The quantitative estimate of drug-likeness (QED) is 0.176. The van der Waals surface area contributed by atoms with E-state index in [4.69, 9.17) is 9.97 Å². The molecule has 59 heavy (non-hydrogen) atoms. The Balaban J connectivity index is 1.17. The lowest BCUT2D eigenvalue weighted by molar-refractivity contribution is 0.999. The van der Waals surface area contributed by atoms with Crippen LogP contribution in [-0.2, 0) is 0 Å². The van der Waals surface area contributed by atoms with Crippen LogP contribution in [0.1, 0.15) is 0 Å². The molecule has 0 atom stereocenters. The summed E-state index contributed by atoms with van der Waals surface area (Å²) < 4.78 is 6.38. The van der Waals surface area contributed by atoms with E-state index in [0.29, 0.717) is 17.0 Å². The number of nitrogens with zero attached hydrogens (tertiary/aromatic N) is 5. The summed E-state index contributed by atoms with van der Waals surface area (Å²) in [6.07, 6.45) is 0. The van der Waals surface area contributed by atoms with Gasteiger partial charge in [-0.15, -0.1) is 0 Å². The average molecular weight is 756 g/mol. The van der Waals surface area contributed by atoms with Gasteiger partial charge in [-0.25, -0.2) is 9.97 Å². The number of para-hydroxylation sites is 5. The molecule has 0 aliphatic heterocycles. The summed E-state index contributed by atoms with van der Waals surface area (Å²) in [5.41, 5.74) is 10.6. The van der Waals surface area contributed by atoms with E-state index in [0.717, 1.165) is 77.3 Å². The van der Waals surface area contributed by atoms with Gasteiger partial charge in [0.15, 0.2) is 11.6 Å². The van der Waals surface area contributed by atoms with Crippen LogP contribution in [0.25, 0.3) is 105 Å². The number of fused-ring (bicyclic) bond motifs is 9. The fourth-order valence-electron chi connectivity index (χ4n) is 9.04. The molecule has 0 saturated heterocycles. The van der Waals surface area contributed by atoms with Gasteiger partial charge in [0.05, 0.1) is 38.5 Å². The van der Waals surface area contributed by atoms with Gasteiger partial charge in [-0.2, -0.15) is 0 Å². The molecule has 4 heterocycles. The third-order valence-corrected chi connectivity index (χ3v) is 11.6. The molecule has 0 saturated carbocycles. The van der Waals surface area contributed by atoms with Crippen molar-refractivity contribution in [2.45, 2.75) is 0 Å².